The fourth-order valence-electron chi connectivity index (χ4n) is 2.70. The number of nitro benzene ring substituents is 1. The lowest BCUT2D eigenvalue weighted by molar-refractivity contribution is -0.384. The Hall–Kier alpha value is -2.89. The topological polar surface area (TPSA) is 72.7 Å². The Kier molecular flexibility index (Phi) is 6.51. The number of benzene rings is 2. The number of hydrogen-bond acceptors (Lipinski definition) is 5. The molecule has 6 heteroatoms. The molecule has 0 bridgehead atoms. The van der Waals surface area contributed by atoms with Crippen LogP contribution < -0.4 is 4.90 Å². The van der Waals surface area contributed by atoms with E-state index in [0.29, 0.717) is 18.7 Å². The predicted octanol–water partition coefficient (Wildman–Crippen LogP) is 4.46. The highest BCUT2D eigenvalue weighted by Gasteiger charge is 2.28. The Balaban J connectivity index is 2.48. The third kappa shape index (κ3) is 4.56. The molecule has 2 aromatic carbocycles. The number of carbonyl (C=O) groups is 1. The van der Waals surface area contributed by atoms with E-state index < -0.39 is 11.0 Å². The van der Waals surface area contributed by atoms with E-state index in [2.05, 4.69) is 0 Å². The van der Waals surface area contributed by atoms with Gasteiger partial charge >= 0.3 is 5.97 Å². The number of para-hydroxylation sites is 1. The normalized spacial score (nSPS) is 11.6. The quantitative estimate of drug-likeness (QED) is 0.402. The van der Waals surface area contributed by atoms with Gasteiger partial charge in [-0.3, -0.25) is 10.1 Å². The second kappa shape index (κ2) is 8.82. The number of nitrogens with zero attached hydrogens (tertiary/aromatic N) is 2. The lowest BCUT2D eigenvalue weighted by Crippen LogP contribution is -2.39. The summed E-state index contributed by atoms with van der Waals surface area (Å²) in [5.41, 5.74) is 1.56. The average molecular weight is 342 g/mol. The van der Waals surface area contributed by atoms with Crippen LogP contribution in [0.15, 0.2) is 54.6 Å². The van der Waals surface area contributed by atoms with Crippen molar-refractivity contribution in [1.29, 1.82) is 0 Å². The van der Waals surface area contributed by atoms with Gasteiger partial charge in [-0.15, -0.1) is 0 Å². The van der Waals surface area contributed by atoms with Crippen molar-refractivity contribution >= 4 is 23.0 Å². The molecule has 0 saturated carbocycles. The van der Waals surface area contributed by atoms with Crippen LogP contribution in [-0.4, -0.2) is 23.5 Å². The molecule has 132 valence electrons. The minimum Gasteiger partial charge on any atom is -0.464 e. The van der Waals surface area contributed by atoms with Crippen LogP contribution in [0.25, 0.3) is 0 Å². The number of anilines is 2. The smallest absolute Gasteiger partial charge is 0.329 e. The third-order valence-corrected chi connectivity index (χ3v) is 3.81. The molecule has 0 radical (unpaired) electrons. The molecule has 0 amide bonds. The van der Waals surface area contributed by atoms with Crippen molar-refractivity contribution in [2.45, 2.75) is 32.7 Å². The molecule has 1 unspecified atom stereocenters. The molecule has 25 heavy (non-hydrogen) atoms. The summed E-state index contributed by atoms with van der Waals surface area (Å²) in [4.78, 5) is 24.9. The van der Waals surface area contributed by atoms with Gasteiger partial charge in [0.05, 0.1) is 11.5 Å². The van der Waals surface area contributed by atoms with E-state index in [4.69, 9.17) is 4.74 Å². The second-order valence-corrected chi connectivity index (χ2v) is 5.54. The molecule has 0 aliphatic rings. The summed E-state index contributed by atoms with van der Waals surface area (Å²) in [5.74, 6) is -0.299. The zero-order chi connectivity index (χ0) is 18.2. The van der Waals surface area contributed by atoms with Gasteiger partial charge in [-0.05, 0) is 37.6 Å². The number of carbonyl (C=O) groups excluding carboxylic acids is 1. The lowest BCUT2D eigenvalue weighted by Gasteiger charge is -2.32. The highest BCUT2D eigenvalue weighted by molar-refractivity contribution is 5.84. The zero-order valence-electron chi connectivity index (χ0n) is 14.4. The van der Waals surface area contributed by atoms with Crippen molar-refractivity contribution in [3.63, 3.8) is 0 Å². The van der Waals surface area contributed by atoms with Crippen LogP contribution in [0, 0.1) is 10.1 Å². The van der Waals surface area contributed by atoms with Gasteiger partial charge in [0.25, 0.3) is 5.69 Å². The van der Waals surface area contributed by atoms with Crippen molar-refractivity contribution in [2.24, 2.45) is 0 Å². The molecule has 0 aliphatic carbocycles. The molecule has 0 fully saturated rings. The van der Waals surface area contributed by atoms with Gasteiger partial charge in [-0.25, -0.2) is 4.79 Å². The maximum absolute atomic E-state index is 12.5. The fourth-order valence-corrected chi connectivity index (χ4v) is 2.70. The lowest BCUT2D eigenvalue weighted by atomic mass is 10.1. The zero-order valence-corrected chi connectivity index (χ0v) is 14.4. The third-order valence-electron chi connectivity index (χ3n) is 3.81. The van der Waals surface area contributed by atoms with Crippen LogP contribution in [-0.2, 0) is 9.53 Å². The summed E-state index contributed by atoms with van der Waals surface area (Å²) in [7, 11) is 0. The van der Waals surface area contributed by atoms with Gasteiger partial charge in [0.2, 0.25) is 0 Å². The van der Waals surface area contributed by atoms with Crippen molar-refractivity contribution < 1.29 is 14.5 Å². The first-order valence-corrected chi connectivity index (χ1v) is 8.33. The molecule has 2 rings (SSSR count). The minimum absolute atomic E-state index is 0.0138. The maximum atomic E-state index is 12.5. The van der Waals surface area contributed by atoms with Gasteiger partial charge in [0.15, 0.2) is 0 Å². The molecule has 0 heterocycles. The number of esters is 1. The molecule has 6 nitrogen and oxygen atoms in total. The van der Waals surface area contributed by atoms with Crippen molar-refractivity contribution in [2.75, 3.05) is 11.5 Å². The van der Waals surface area contributed by atoms with Crippen molar-refractivity contribution in [1.82, 2.24) is 0 Å². The van der Waals surface area contributed by atoms with E-state index in [-0.39, 0.29) is 11.7 Å². The van der Waals surface area contributed by atoms with E-state index >= 15 is 0 Å². The van der Waals surface area contributed by atoms with Gasteiger partial charge in [0, 0.05) is 23.5 Å². The molecule has 0 saturated heterocycles. The van der Waals surface area contributed by atoms with Crippen LogP contribution >= 0.6 is 0 Å². The molecule has 0 spiro atoms. The predicted molar refractivity (Wildman–Crippen MR) is 97.0 cm³/mol. The van der Waals surface area contributed by atoms with Crippen LogP contribution in [0.2, 0.25) is 0 Å². The minimum atomic E-state index is -0.492. The Bertz CT molecular complexity index is 701. The first-order valence-electron chi connectivity index (χ1n) is 8.33. The van der Waals surface area contributed by atoms with Gasteiger partial charge in [-0.1, -0.05) is 31.5 Å². The van der Waals surface area contributed by atoms with E-state index in [9.17, 15) is 14.9 Å². The van der Waals surface area contributed by atoms with Crippen molar-refractivity contribution in [3.05, 3.63) is 64.7 Å². The highest BCUT2D eigenvalue weighted by atomic mass is 16.6. The van der Waals surface area contributed by atoms with Gasteiger partial charge in [0.1, 0.15) is 6.04 Å². The highest BCUT2D eigenvalue weighted by Crippen LogP contribution is 2.31. The molecule has 0 N–H and O–H groups in total. The van der Waals surface area contributed by atoms with E-state index in [0.717, 1.165) is 12.1 Å². The molecular formula is C19H22N2O4. The standard InChI is InChI=1S/C19H22N2O4/c1-3-8-18(19(22)25-4-2)20(15-9-6-5-7-10-15)16-11-13-17(14-12-16)21(23)24/h5-7,9-14,18H,3-4,8H2,1-2H3. The van der Waals surface area contributed by atoms with E-state index in [1.165, 1.54) is 12.1 Å². The number of rotatable bonds is 8. The Morgan fingerprint density at radius 2 is 1.68 bits per heavy atom. The Morgan fingerprint density at radius 3 is 2.20 bits per heavy atom. The molecule has 2 aromatic rings. The molecule has 1 atom stereocenters. The van der Waals surface area contributed by atoms with Crippen molar-refractivity contribution in [3.8, 4) is 0 Å². The van der Waals surface area contributed by atoms with E-state index in [1.54, 1.807) is 19.1 Å². The first kappa shape index (κ1) is 18.4. The summed E-state index contributed by atoms with van der Waals surface area (Å²) in [6.45, 7) is 4.09. The number of non-ortho nitro benzene ring substituents is 1. The van der Waals surface area contributed by atoms with Crippen LogP contribution in [0.5, 0.6) is 0 Å². The average Bonchev–Trinajstić information content (AvgIpc) is 2.63. The first-order chi connectivity index (χ1) is 12.1. The molecule has 0 aromatic heterocycles. The number of nitro groups is 1. The van der Waals surface area contributed by atoms with Crippen LogP contribution in [0.1, 0.15) is 26.7 Å². The maximum Gasteiger partial charge on any atom is 0.329 e. The molecule has 0 aliphatic heterocycles. The molecular weight excluding hydrogens is 320 g/mol. The number of ether oxygens (including phenoxy) is 1. The fraction of sp³-hybridized carbons (Fsp3) is 0.316. The van der Waals surface area contributed by atoms with Gasteiger partial charge in [-0.2, -0.15) is 0 Å². The summed E-state index contributed by atoms with van der Waals surface area (Å²) < 4.78 is 5.25. The Morgan fingerprint density at radius 1 is 1.08 bits per heavy atom. The van der Waals surface area contributed by atoms with Crippen LogP contribution in [0.4, 0.5) is 17.1 Å². The summed E-state index contributed by atoms with van der Waals surface area (Å²) in [5, 5.41) is 10.9. The summed E-state index contributed by atoms with van der Waals surface area (Å²) in [6, 6.07) is 15.2. The summed E-state index contributed by atoms with van der Waals surface area (Å²) >= 11 is 0. The van der Waals surface area contributed by atoms with E-state index in [1.807, 2.05) is 42.2 Å². The largest absolute Gasteiger partial charge is 0.464 e. The van der Waals surface area contributed by atoms with Gasteiger partial charge < -0.3 is 9.64 Å². The van der Waals surface area contributed by atoms with Crippen LogP contribution in [0.3, 0.4) is 0 Å². The second-order valence-electron chi connectivity index (χ2n) is 5.54. The monoisotopic (exact) mass is 342 g/mol. The Labute approximate surface area is 147 Å². The number of hydrogen-bond donors (Lipinski definition) is 0. The SMILES string of the molecule is CCCC(C(=O)OCC)N(c1ccccc1)c1ccc([N+](=O)[O-])cc1. The summed E-state index contributed by atoms with van der Waals surface area (Å²) in [6.07, 6.45) is 1.42.